The Kier molecular flexibility index (Phi) is 8.72. The Bertz CT molecular complexity index is 1690. The van der Waals surface area contributed by atoms with Crippen LogP contribution in [0.2, 0.25) is 0 Å². The molecule has 3 atom stereocenters. The van der Waals surface area contributed by atoms with Crippen molar-refractivity contribution in [2.75, 3.05) is 10.7 Å². The predicted molar refractivity (Wildman–Crippen MR) is 171 cm³/mol. The van der Waals surface area contributed by atoms with Crippen LogP contribution in [0.3, 0.4) is 0 Å². The largest absolute Gasteiger partial charge is 0.573 e. The highest BCUT2D eigenvalue weighted by atomic mass is 32.2. The minimum Gasteiger partial charge on any atom is -0.406 e. The standard InChI is InChI=1S/C34H34F3N5O2S/c1-21(2)28-6-4-5-7-30(28)42-22(3)16-17-45-33(42)39-31(43)19-25-18-29(25)23-8-10-24(11-9-23)32-38-20-41(40-32)26-12-14-27(15-13-26)44-34(35,36)37/h4-15,20-22,25,29H,16-19H2,1-3H3. The minimum atomic E-state index is -4.74. The second-order valence-corrected chi connectivity index (χ2v) is 12.9. The number of thioether (sulfide) groups is 1. The van der Waals surface area contributed by atoms with Gasteiger partial charge in [0.2, 0.25) is 5.91 Å². The van der Waals surface area contributed by atoms with Gasteiger partial charge in [0.15, 0.2) is 11.0 Å². The summed E-state index contributed by atoms with van der Waals surface area (Å²) in [7, 11) is 0. The molecule has 0 bridgehead atoms. The van der Waals surface area contributed by atoms with Crippen molar-refractivity contribution in [3.63, 3.8) is 0 Å². The first kappa shape index (κ1) is 30.9. The number of para-hydroxylation sites is 1. The second-order valence-electron chi connectivity index (χ2n) is 11.8. The number of hydrogen-bond donors (Lipinski definition) is 0. The predicted octanol–water partition coefficient (Wildman–Crippen LogP) is 8.36. The van der Waals surface area contributed by atoms with Gasteiger partial charge >= 0.3 is 6.36 Å². The molecule has 1 saturated heterocycles. The molecule has 0 radical (unpaired) electrons. The van der Waals surface area contributed by atoms with Gasteiger partial charge in [0.1, 0.15) is 12.1 Å². The number of anilines is 1. The summed E-state index contributed by atoms with van der Waals surface area (Å²) in [6.07, 6.45) is -0.826. The molecule has 1 aliphatic heterocycles. The number of carbonyl (C=O) groups is 1. The number of aliphatic imine (C=N–C) groups is 1. The lowest BCUT2D eigenvalue weighted by atomic mass is 9.99. The lowest BCUT2D eigenvalue weighted by Crippen LogP contribution is -2.42. The van der Waals surface area contributed by atoms with E-state index >= 15 is 0 Å². The van der Waals surface area contributed by atoms with Crippen molar-refractivity contribution in [3.8, 4) is 22.8 Å². The zero-order valence-corrected chi connectivity index (χ0v) is 26.1. The second kappa shape index (κ2) is 12.7. The van der Waals surface area contributed by atoms with Gasteiger partial charge in [-0.2, -0.15) is 4.99 Å². The van der Waals surface area contributed by atoms with Gasteiger partial charge in [-0.05, 0) is 79.0 Å². The van der Waals surface area contributed by atoms with Crippen LogP contribution >= 0.6 is 11.8 Å². The summed E-state index contributed by atoms with van der Waals surface area (Å²) in [5.74, 6) is 2.01. The van der Waals surface area contributed by atoms with Gasteiger partial charge in [-0.15, -0.1) is 18.3 Å². The van der Waals surface area contributed by atoms with Gasteiger partial charge in [0.25, 0.3) is 0 Å². The maximum absolute atomic E-state index is 13.2. The van der Waals surface area contributed by atoms with Crippen molar-refractivity contribution in [2.45, 2.75) is 64.3 Å². The van der Waals surface area contributed by atoms with E-state index in [1.807, 2.05) is 30.3 Å². The Morgan fingerprint density at radius 3 is 2.51 bits per heavy atom. The van der Waals surface area contributed by atoms with E-state index in [4.69, 9.17) is 0 Å². The summed E-state index contributed by atoms with van der Waals surface area (Å²) in [6.45, 7) is 6.58. The quantitative estimate of drug-likeness (QED) is 0.194. The number of alkyl halides is 3. The number of rotatable bonds is 8. The molecule has 4 aromatic rings. The number of amides is 1. The molecule has 1 amide bonds. The maximum Gasteiger partial charge on any atom is 0.573 e. The molecule has 1 aromatic heterocycles. The summed E-state index contributed by atoms with van der Waals surface area (Å²) in [5.41, 5.74) is 4.93. The van der Waals surface area contributed by atoms with Crippen molar-refractivity contribution in [3.05, 3.63) is 90.3 Å². The number of ether oxygens (including phenoxy) is 1. The number of aromatic nitrogens is 3. The van der Waals surface area contributed by atoms with E-state index in [0.29, 0.717) is 29.8 Å². The number of nitrogens with zero attached hydrogens (tertiary/aromatic N) is 5. The SMILES string of the molecule is CC(C)c1ccccc1N1C(=NC(=O)CC2CC2c2ccc(-c3ncn(-c4ccc(OC(F)(F)F)cc4)n3)cc2)SCCC1C. The lowest BCUT2D eigenvalue weighted by Gasteiger charge is -2.37. The van der Waals surface area contributed by atoms with Crippen LogP contribution in [0.1, 0.15) is 63.0 Å². The monoisotopic (exact) mass is 633 g/mol. The zero-order chi connectivity index (χ0) is 31.7. The molecule has 2 fully saturated rings. The molecule has 1 saturated carbocycles. The summed E-state index contributed by atoms with van der Waals surface area (Å²) < 4.78 is 42.7. The lowest BCUT2D eigenvalue weighted by molar-refractivity contribution is -0.274. The van der Waals surface area contributed by atoms with Crippen molar-refractivity contribution < 1.29 is 22.7 Å². The van der Waals surface area contributed by atoms with Crippen molar-refractivity contribution in [2.24, 2.45) is 10.9 Å². The highest BCUT2D eigenvalue weighted by molar-refractivity contribution is 8.14. The molecule has 45 heavy (non-hydrogen) atoms. The van der Waals surface area contributed by atoms with E-state index in [2.05, 4.69) is 63.7 Å². The van der Waals surface area contributed by atoms with E-state index in [0.717, 1.165) is 40.6 Å². The molecule has 6 rings (SSSR count). The molecule has 0 spiro atoms. The highest BCUT2D eigenvalue weighted by Gasteiger charge is 2.40. The summed E-state index contributed by atoms with van der Waals surface area (Å²) in [4.78, 5) is 24.4. The number of halogens is 3. The van der Waals surface area contributed by atoms with Crippen LogP contribution in [0.15, 0.2) is 84.1 Å². The fourth-order valence-corrected chi connectivity index (χ4v) is 7.01. The average molecular weight is 634 g/mol. The molecule has 2 heterocycles. The van der Waals surface area contributed by atoms with Crippen molar-refractivity contribution in [1.82, 2.24) is 14.8 Å². The van der Waals surface area contributed by atoms with E-state index in [1.54, 1.807) is 11.8 Å². The molecule has 3 unspecified atom stereocenters. The third-order valence-electron chi connectivity index (χ3n) is 8.24. The van der Waals surface area contributed by atoms with Crippen LogP contribution in [-0.4, -0.2) is 44.0 Å². The van der Waals surface area contributed by atoms with Crippen LogP contribution in [0.5, 0.6) is 5.75 Å². The van der Waals surface area contributed by atoms with Crippen LogP contribution in [0.4, 0.5) is 18.9 Å². The summed E-state index contributed by atoms with van der Waals surface area (Å²) in [6, 6.07) is 22.1. The van der Waals surface area contributed by atoms with Crippen LogP contribution in [0, 0.1) is 5.92 Å². The van der Waals surface area contributed by atoms with Crippen LogP contribution in [-0.2, 0) is 4.79 Å². The van der Waals surface area contributed by atoms with Gasteiger partial charge in [-0.3, -0.25) is 4.79 Å². The molecule has 7 nitrogen and oxygen atoms in total. The van der Waals surface area contributed by atoms with Crippen LogP contribution in [0.25, 0.3) is 17.1 Å². The number of amidine groups is 1. The minimum absolute atomic E-state index is 0.0736. The molecule has 2 aliphatic rings. The normalized spacial score (nSPS) is 20.9. The van der Waals surface area contributed by atoms with Gasteiger partial charge in [-0.25, -0.2) is 9.67 Å². The third kappa shape index (κ3) is 7.24. The van der Waals surface area contributed by atoms with E-state index < -0.39 is 6.36 Å². The Balaban J connectivity index is 1.08. The number of carbonyl (C=O) groups excluding carboxylic acids is 1. The fourth-order valence-electron chi connectivity index (χ4n) is 5.79. The molecule has 3 aromatic carbocycles. The Labute approximate surface area is 264 Å². The topological polar surface area (TPSA) is 72.6 Å². The maximum atomic E-state index is 13.2. The molecule has 1 aliphatic carbocycles. The fraction of sp³-hybridized carbons (Fsp3) is 0.353. The third-order valence-corrected chi connectivity index (χ3v) is 9.22. The zero-order valence-electron chi connectivity index (χ0n) is 25.2. The summed E-state index contributed by atoms with van der Waals surface area (Å²) >= 11 is 1.66. The summed E-state index contributed by atoms with van der Waals surface area (Å²) in [5, 5.41) is 5.28. The first-order valence-corrected chi connectivity index (χ1v) is 16.0. The van der Waals surface area contributed by atoms with E-state index in [1.165, 1.54) is 40.8 Å². The smallest absolute Gasteiger partial charge is 0.406 e. The first-order valence-electron chi connectivity index (χ1n) is 15.1. The average Bonchev–Trinajstić information content (AvgIpc) is 3.58. The van der Waals surface area contributed by atoms with Gasteiger partial charge in [0, 0.05) is 29.5 Å². The van der Waals surface area contributed by atoms with Gasteiger partial charge in [0.05, 0.1) is 5.69 Å². The van der Waals surface area contributed by atoms with E-state index in [-0.39, 0.29) is 23.6 Å². The first-order chi connectivity index (χ1) is 21.6. The Morgan fingerprint density at radius 2 is 1.80 bits per heavy atom. The number of hydrogen-bond acceptors (Lipinski definition) is 5. The molecular formula is C34H34F3N5O2S. The van der Waals surface area contributed by atoms with E-state index in [9.17, 15) is 18.0 Å². The molecule has 234 valence electrons. The number of benzene rings is 3. The van der Waals surface area contributed by atoms with Crippen LogP contribution < -0.4 is 9.64 Å². The highest BCUT2D eigenvalue weighted by Crippen LogP contribution is 2.50. The Morgan fingerprint density at radius 1 is 1.07 bits per heavy atom. The molecule has 11 heteroatoms. The molecular weight excluding hydrogens is 599 g/mol. The van der Waals surface area contributed by atoms with Gasteiger partial charge < -0.3 is 9.64 Å². The van der Waals surface area contributed by atoms with Gasteiger partial charge in [-0.1, -0.05) is 68.1 Å². The van der Waals surface area contributed by atoms with Crippen molar-refractivity contribution >= 4 is 28.5 Å². The molecule has 0 N–H and O–H groups in total. The Hall–Kier alpha value is -4.12. The van der Waals surface area contributed by atoms with Crippen molar-refractivity contribution in [1.29, 1.82) is 0 Å².